The molecular formula is C19H24N4O2S. The number of aromatic nitrogens is 1. The van der Waals surface area contributed by atoms with Gasteiger partial charge < -0.3 is 14.6 Å². The Morgan fingerprint density at radius 2 is 2.04 bits per heavy atom. The fourth-order valence-corrected chi connectivity index (χ4v) is 3.00. The van der Waals surface area contributed by atoms with E-state index in [4.69, 9.17) is 17.0 Å². The minimum Gasteiger partial charge on any atom is -0.465 e. The molecule has 0 radical (unpaired) electrons. The van der Waals surface area contributed by atoms with Crippen molar-refractivity contribution in [1.82, 2.24) is 15.3 Å². The maximum absolute atomic E-state index is 11.7. The van der Waals surface area contributed by atoms with E-state index in [2.05, 4.69) is 26.5 Å². The molecule has 7 heteroatoms. The number of hydrazone groups is 1. The highest BCUT2D eigenvalue weighted by atomic mass is 32.1. The molecule has 2 aromatic rings. The lowest BCUT2D eigenvalue weighted by molar-refractivity contribution is 0.0600. The number of carbonyl (C=O) groups excluding carboxylic acids is 1. The van der Waals surface area contributed by atoms with Gasteiger partial charge in [0.1, 0.15) is 0 Å². The number of aryl methyl sites for hydroxylation is 2. The smallest absolute Gasteiger partial charge is 0.337 e. The molecule has 0 aliphatic heterocycles. The number of hydrogen-bond acceptors (Lipinski definition) is 4. The van der Waals surface area contributed by atoms with Crippen LogP contribution in [0.1, 0.15) is 39.8 Å². The van der Waals surface area contributed by atoms with Gasteiger partial charge in [0.25, 0.3) is 0 Å². The van der Waals surface area contributed by atoms with Gasteiger partial charge in [0.15, 0.2) is 5.11 Å². The number of thiocarbonyl (C=S) groups is 1. The van der Waals surface area contributed by atoms with Crippen LogP contribution in [-0.4, -0.2) is 35.5 Å². The highest BCUT2D eigenvalue weighted by Gasteiger charge is 2.13. The molecule has 138 valence electrons. The van der Waals surface area contributed by atoms with Crippen LogP contribution in [0.25, 0.3) is 5.69 Å². The summed E-state index contributed by atoms with van der Waals surface area (Å²) in [5, 5.41) is 7.66. The number of nitrogens with zero attached hydrogens (tertiary/aromatic N) is 2. The van der Waals surface area contributed by atoms with Crippen molar-refractivity contribution in [2.45, 2.75) is 27.7 Å². The molecule has 6 nitrogen and oxygen atoms in total. The van der Waals surface area contributed by atoms with Gasteiger partial charge in [-0.2, -0.15) is 5.10 Å². The van der Waals surface area contributed by atoms with Crippen molar-refractivity contribution in [2.75, 3.05) is 13.7 Å². The lowest BCUT2D eigenvalue weighted by atomic mass is 10.1. The Bertz CT molecular complexity index is 855. The standard InChI is InChI=1S/C19H24N4O2S/c1-6-20-19(26)22-21-11-16-10-13(3)23(14(16)4)17-8-7-15(9-12(17)2)18(24)25-5/h7-11H,6H2,1-5H3,(H2,20,22,26). The van der Waals surface area contributed by atoms with Gasteiger partial charge in [-0.25, -0.2) is 4.79 Å². The van der Waals surface area contributed by atoms with E-state index in [0.717, 1.165) is 34.7 Å². The molecule has 0 bridgehead atoms. The Morgan fingerprint density at radius 1 is 1.31 bits per heavy atom. The average Bonchev–Trinajstić information content (AvgIpc) is 2.88. The quantitative estimate of drug-likeness (QED) is 0.365. The molecule has 1 heterocycles. The van der Waals surface area contributed by atoms with Crippen molar-refractivity contribution in [2.24, 2.45) is 5.10 Å². The number of nitrogens with one attached hydrogen (secondary N) is 2. The monoisotopic (exact) mass is 372 g/mol. The van der Waals surface area contributed by atoms with Crippen molar-refractivity contribution in [3.05, 3.63) is 52.3 Å². The Hall–Kier alpha value is -2.67. The third kappa shape index (κ3) is 4.29. The largest absolute Gasteiger partial charge is 0.465 e. The normalized spacial score (nSPS) is 10.8. The second-order valence-electron chi connectivity index (χ2n) is 5.88. The molecule has 2 N–H and O–H groups in total. The second-order valence-corrected chi connectivity index (χ2v) is 6.29. The molecule has 26 heavy (non-hydrogen) atoms. The van der Waals surface area contributed by atoms with Crippen molar-refractivity contribution >= 4 is 29.5 Å². The maximum atomic E-state index is 11.7. The highest BCUT2D eigenvalue weighted by Crippen LogP contribution is 2.23. The number of ether oxygens (including phenoxy) is 1. The van der Waals surface area contributed by atoms with Crippen molar-refractivity contribution < 1.29 is 9.53 Å². The van der Waals surface area contributed by atoms with Crippen LogP contribution in [0.15, 0.2) is 29.4 Å². The van der Waals surface area contributed by atoms with Gasteiger partial charge in [0, 0.05) is 29.2 Å². The van der Waals surface area contributed by atoms with Gasteiger partial charge in [-0.05, 0) is 69.7 Å². The van der Waals surface area contributed by atoms with Gasteiger partial charge in [-0.15, -0.1) is 0 Å². The van der Waals surface area contributed by atoms with Crippen LogP contribution in [0.3, 0.4) is 0 Å². The van der Waals surface area contributed by atoms with Crippen LogP contribution in [-0.2, 0) is 4.74 Å². The van der Waals surface area contributed by atoms with Crippen LogP contribution in [0.5, 0.6) is 0 Å². The zero-order chi connectivity index (χ0) is 19.3. The fourth-order valence-electron chi connectivity index (χ4n) is 2.80. The molecule has 1 aromatic heterocycles. The zero-order valence-electron chi connectivity index (χ0n) is 15.7. The summed E-state index contributed by atoms with van der Waals surface area (Å²) in [4.78, 5) is 11.7. The minimum absolute atomic E-state index is 0.337. The van der Waals surface area contributed by atoms with E-state index in [-0.39, 0.29) is 5.97 Å². The predicted octanol–water partition coefficient (Wildman–Crippen LogP) is 3.01. The van der Waals surface area contributed by atoms with Crippen LogP contribution in [0.4, 0.5) is 0 Å². The first-order valence-corrected chi connectivity index (χ1v) is 8.75. The third-order valence-electron chi connectivity index (χ3n) is 4.04. The molecule has 2 rings (SSSR count). The lowest BCUT2D eigenvalue weighted by Crippen LogP contribution is -2.31. The molecule has 0 amide bonds. The summed E-state index contributed by atoms with van der Waals surface area (Å²) in [5.41, 5.74) is 8.46. The first-order chi connectivity index (χ1) is 12.4. The SMILES string of the molecule is CCNC(=S)NN=Cc1cc(C)n(-c2ccc(C(=O)OC)cc2C)c1C. The summed E-state index contributed by atoms with van der Waals surface area (Å²) in [6.07, 6.45) is 1.75. The Morgan fingerprint density at radius 3 is 2.65 bits per heavy atom. The molecule has 0 saturated heterocycles. The summed E-state index contributed by atoms with van der Waals surface area (Å²) in [6.45, 7) is 8.76. The van der Waals surface area contributed by atoms with E-state index < -0.39 is 0 Å². The summed E-state index contributed by atoms with van der Waals surface area (Å²) >= 11 is 5.09. The molecule has 0 unspecified atom stereocenters. The second kappa shape index (κ2) is 8.62. The average molecular weight is 372 g/mol. The molecular weight excluding hydrogens is 348 g/mol. The minimum atomic E-state index is -0.337. The van der Waals surface area contributed by atoms with Crippen molar-refractivity contribution in [3.8, 4) is 5.69 Å². The van der Waals surface area contributed by atoms with Gasteiger partial charge in [-0.1, -0.05) is 0 Å². The Labute approximate surface area is 159 Å². The fraction of sp³-hybridized carbons (Fsp3) is 0.316. The van der Waals surface area contributed by atoms with Crippen LogP contribution < -0.4 is 10.7 Å². The van der Waals surface area contributed by atoms with Gasteiger partial charge in [0.2, 0.25) is 0 Å². The molecule has 0 fully saturated rings. The molecule has 0 aliphatic rings. The summed E-state index contributed by atoms with van der Waals surface area (Å²) in [6, 6.07) is 7.60. The van der Waals surface area contributed by atoms with Gasteiger partial charge in [-0.3, -0.25) is 5.43 Å². The van der Waals surface area contributed by atoms with Gasteiger partial charge in [0.05, 0.1) is 18.9 Å². The zero-order valence-corrected chi connectivity index (χ0v) is 16.5. The first kappa shape index (κ1) is 19.7. The Balaban J connectivity index is 2.31. The van der Waals surface area contributed by atoms with Crippen LogP contribution in [0, 0.1) is 20.8 Å². The third-order valence-corrected chi connectivity index (χ3v) is 4.27. The molecule has 0 spiro atoms. The van der Waals surface area contributed by atoms with E-state index in [0.29, 0.717) is 10.7 Å². The predicted molar refractivity (Wildman–Crippen MR) is 108 cm³/mol. The lowest BCUT2D eigenvalue weighted by Gasteiger charge is -2.13. The van der Waals surface area contributed by atoms with Crippen LogP contribution in [0.2, 0.25) is 0 Å². The molecule has 1 aromatic carbocycles. The van der Waals surface area contributed by atoms with E-state index >= 15 is 0 Å². The molecule has 0 saturated carbocycles. The first-order valence-electron chi connectivity index (χ1n) is 8.34. The van der Waals surface area contributed by atoms with E-state index in [1.165, 1.54) is 7.11 Å². The molecule has 0 atom stereocenters. The molecule has 0 aliphatic carbocycles. The Kier molecular flexibility index (Phi) is 6.52. The number of hydrogen-bond donors (Lipinski definition) is 2. The number of methoxy groups -OCH3 is 1. The summed E-state index contributed by atoms with van der Waals surface area (Å²) < 4.78 is 6.92. The summed E-state index contributed by atoms with van der Waals surface area (Å²) in [7, 11) is 1.38. The van der Waals surface area contributed by atoms with E-state index in [1.807, 2.05) is 39.8 Å². The maximum Gasteiger partial charge on any atom is 0.337 e. The number of carbonyl (C=O) groups is 1. The van der Waals surface area contributed by atoms with E-state index in [9.17, 15) is 4.79 Å². The van der Waals surface area contributed by atoms with Crippen molar-refractivity contribution in [3.63, 3.8) is 0 Å². The summed E-state index contributed by atoms with van der Waals surface area (Å²) in [5.74, 6) is -0.337. The van der Waals surface area contributed by atoms with E-state index in [1.54, 1.807) is 12.3 Å². The number of rotatable bonds is 5. The van der Waals surface area contributed by atoms with Gasteiger partial charge >= 0.3 is 5.97 Å². The topological polar surface area (TPSA) is 67.7 Å². The van der Waals surface area contributed by atoms with Crippen LogP contribution >= 0.6 is 12.2 Å². The number of esters is 1. The number of benzene rings is 1. The van der Waals surface area contributed by atoms with Crippen molar-refractivity contribution in [1.29, 1.82) is 0 Å². The highest BCUT2D eigenvalue weighted by molar-refractivity contribution is 7.80.